The Labute approximate surface area is 198 Å². The van der Waals surface area contributed by atoms with Gasteiger partial charge in [0.1, 0.15) is 0 Å². The number of benzene rings is 3. The second-order valence-electron chi connectivity index (χ2n) is 8.41. The molecule has 4 aromatic rings. The molecule has 0 aliphatic carbocycles. The van der Waals surface area contributed by atoms with Gasteiger partial charge in [-0.2, -0.15) is 0 Å². The maximum atomic E-state index is 13.2. The fourth-order valence-corrected chi connectivity index (χ4v) is 4.16. The van der Waals surface area contributed by atoms with Gasteiger partial charge in [0.25, 0.3) is 0 Å². The third kappa shape index (κ3) is 4.89. The highest BCUT2D eigenvalue weighted by Gasteiger charge is 2.21. The number of nitrogens with zero attached hydrogens (tertiary/aromatic N) is 1. The Morgan fingerprint density at radius 3 is 2.00 bits per heavy atom. The van der Waals surface area contributed by atoms with Crippen molar-refractivity contribution in [2.75, 3.05) is 0 Å². The van der Waals surface area contributed by atoms with Gasteiger partial charge < -0.3 is 9.67 Å². The summed E-state index contributed by atoms with van der Waals surface area (Å²) in [7, 11) is 1.64. The zero-order chi connectivity index (χ0) is 24.2. The van der Waals surface area contributed by atoms with E-state index in [9.17, 15) is 14.4 Å². The molecule has 5 heteroatoms. The molecular weight excluding hydrogens is 426 g/mol. The second-order valence-corrected chi connectivity index (χ2v) is 8.41. The van der Waals surface area contributed by atoms with Crippen molar-refractivity contribution in [3.05, 3.63) is 129 Å². The van der Waals surface area contributed by atoms with E-state index in [1.165, 1.54) is 10.6 Å². The Morgan fingerprint density at radius 1 is 0.824 bits per heavy atom. The lowest BCUT2D eigenvalue weighted by molar-refractivity contribution is 0.0696. The van der Waals surface area contributed by atoms with Crippen LogP contribution < -0.4 is 5.56 Å². The number of carbonyl (C=O) groups is 2. The lowest BCUT2D eigenvalue weighted by Gasteiger charge is -2.20. The molecule has 0 radical (unpaired) electrons. The molecule has 0 fully saturated rings. The average molecular weight is 452 g/mol. The van der Waals surface area contributed by atoms with E-state index in [2.05, 4.69) is 0 Å². The Hall–Kier alpha value is -4.25. The molecule has 1 N–H and O–H groups in total. The van der Waals surface area contributed by atoms with Gasteiger partial charge in [-0.1, -0.05) is 60.7 Å². The summed E-state index contributed by atoms with van der Waals surface area (Å²) < 4.78 is 1.42. The predicted octanol–water partition coefficient (Wildman–Crippen LogP) is 5.46. The molecule has 170 valence electrons. The van der Waals surface area contributed by atoms with Gasteiger partial charge in [0.15, 0.2) is 5.78 Å². The van der Waals surface area contributed by atoms with Crippen LogP contribution in [-0.4, -0.2) is 21.4 Å². The van der Waals surface area contributed by atoms with Crippen molar-refractivity contribution in [3.8, 4) is 11.1 Å². The number of aryl methyl sites for hydroxylation is 2. The van der Waals surface area contributed by atoms with Crippen LogP contribution in [0.15, 0.2) is 95.9 Å². The topological polar surface area (TPSA) is 76.4 Å². The van der Waals surface area contributed by atoms with Gasteiger partial charge in [0, 0.05) is 37.2 Å². The van der Waals surface area contributed by atoms with Crippen molar-refractivity contribution in [1.82, 2.24) is 4.57 Å². The Kier molecular flexibility index (Phi) is 6.55. The van der Waals surface area contributed by atoms with Gasteiger partial charge in [0.05, 0.1) is 5.56 Å². The number of aromatic carboxylic acids is 1. The molecule has 4 rings (SSSR count). The maximum absolute atomic E-state index is 13.2. The third-order valence-corrected chi connectivity index (χ3v) is 6.14. The predicted molar refractivity (Wildman–Crippen MR) is 132 cm³/mol. The number of carboxylic acid groups (broad SMARTS) is 1. The fourth-order valence-electron chi connectivity index (χ4n) is 4.16. The Morgan fingerprint density at radius 2 is 1.41 bits per heavy atom. The molecular formula is C29H25NO4. The van der Waals surface area contributed by atoms with Crippen LogP contribution in [0.25, 0.3) is 11.1 Å². The van der Waals surface area contributed by atoms with E-state index in [0.29, 0.717) is 5.56 Å². The van der Waals surface area contributed by atoms with Crippen LogP contribution in [0.2, 0.25) is 0 Å². The highest BCUT2D eigenvalue weighted by atomic mass is 16.4. The molecule has 34 heavy (non-hydrogen) atoms. The number of aromatic nitrogens is 1. The van der Waals surface area contributed by atoms with Gasteiger partial charge in [-0.3, -0.25) is 9.59 Å². The summed E-state index contributed by atoms with van der Waals surface area (Å²) in [5.41, 5.74) is 5.69. The van der Waals surface area contributed by atoms with Crippen molar-refractivity contribution in [1.29, 1.82) is 0 Å². The summed E-state index contributed by atoms with van der Waals surface area (Å²) in [4.78, 5) is 36.0. The molecule has 1 unspecified atom stereocenters. The smallest absolute Gasteiger partial charge is 0.335 e. The summed E-state index contributed by atoms with van der Waals surface area (Å²) >= 11 is 0. The van der Waals surface area contributed by atoms with Gasteiger partial charge >= 0.3 is 5.97 Å². The molecule has 0 saturated carbocycles. The van der Waals surface area contributed by atoms with Crippen LogP contribution in [0.5, 0.6) is 0 Å². The van der Waals surface area contributed by atoms with E-state index in [-0.39, 0.29) is 29.2 Å². The third-order valence-electron chi connectivity index (χ3n) is 6.14. The minimum Gasteiger partial charge on any atom is -0.478 e. The SMILES string of the molecule is Cc1ccccc1C(CC(=O)c1ccc(=O)n(C)c1)c1ccc(-c2ccc(C(=O)O)cc2)cc1. The van der Waals surface area contributed by atoms with Crippen LogP contribution in [0.1, 0.15) is 49.7 Å². The fraction of sp³-hybridized carbons (Fsp3) is 0.138. The largest absolute Gasteiger partial charge is 0.478 e. The molecule has 5 nitrogen and oxygen atoms in total. The Balaban J connectivity index is 1.67. The minimum atomic E-state index is -0.953. The molecule has 0 spiro atoms. The first-order chi connectivity index (χ1) is 16.3. The lowest BCUT2D eigenvalue weighted by Crippen LogP contribution is -2.17. The van der Waals surface area contributed by atoms with Gasteiger partial charge in [-0.15, -0.1) is 0 Å². The summed E-state index contributed by atoms with van der Waals surface area (Å²) in [5.74, 6) is -1.13. The van der Waals surface area contributed by atoms with Crippen LogP contribution in [-0.2, 0) is 7.05 Å². The van der Waals surface area contributed by atoms with E-state index < -0.39 is 5.97 Å². The summed E-state index contributed by atoms with van der Waals surface area (Å²) in [6.07, 6.45) is 1.86. The first-order valence-corrected chi connectivity index (χ1v) is 11.0. The number of rotatable bonds is 7. The van der Waals surface area contributed by atoms with E-state index in [1.54, 1.807) is 43.6 Å². The maximum Gasteiger partial charge on any atom is 0.335 e. The average Bonchev–Trinajstić information content (AvgIpc) is 2.85. The molecule has 1 aromatic heterocycles. The van der Waals surface area contributed by atoms with E-state index in [0.717, 1.165) is 27.8 Å². The second kappa shape index (κ2) is 9.71. The molecule has 1 heterocycles. The van der Waals surface area contributed by atoms with Crippen LogP contribution >= 0.6 is 0 Å². The number of hydrogen-bond acceptors (Lipinski definition) is 3. The van der Waals surface area contributed by atoms with Gasteiger partial charge in [0.2, 0.25) is 5.56 Å². The molecule has 3 aromatic carbocycles. The number of Topliss-reactive ketones (excluding diaryl/α,β-unsaturated/α-hetero) is 1. The number of carboxylic acids is 1. The van der Waals surface area contributed by atoms with Gasteiger partial charge in [-0.05, 0) is 52.9 Å². The van der Waals surface area contributed by atoms with Crippen molar-refractivity contribution >= 4 is 11.8 Å². The molecule has 1 atom stereocenters. The van der Waals surface area contributed by atoms with Crippen molar-refractivity contribution < 1.29 is 14.7 Å². The summed E-state index contributed by atoms with van der Waals surface area (Å²) in [6, 6.07) is 25.8. The van der Waals surface area contributed by atoms with E-state index in [1.807, 2.05) is 55.5 Å². The van der Waals surface area contributed by atoms with Crippen molar-refractivity contribution in [2.45, 2.75) is 19.3 Å². The monoisotopic (exact) mass is 451 g/mol. The zero-order valence-electron chi connectivity index (χ0n) is 19.1. The Bertz CT molecular complexity index is 1400. The van der Waals surface area contributed by atoms with Gasteiger partial charge in [-0.25, -0.2) is 4.79 Å². The van der Waals surface area contributed by atoms with Crippen LogP contribution in [0, 0.1) is 6.92 Å². The quantitative estimate of drug-likeness (QED) is 0.378. The first kappa shape index (κ1) is 22.9. The number of hydrogen-bond donors (Lipinski definition) is 1. The number of pyridine rings is 1. The van der Waals surface area contributed by atoms with Crippen molar-refractivity contribution in [3.63, 3.8) is 0 Å². The van der Waals surface area contributed by atoms with Crippen molar-refractivity contribution in [2.24, 2.45) is 7.05 Å². The zero-order valence-corrected chi connectivity index (χ0v) is 19.1. The number of carbonyl (C=O) groups excluding carboxylic acids is 1. The number of ketones is 1. The highest BCUT2D eigenvalue weighted by Crippen LogP contribution is 2.33. The molecule has 0 aliphatic rings. The first-order valence-electron chi connectivity index (χ1n) is 11.0. The molecule has 0 amide bonds. The van der Waals surface area contributed by atoms with Crippen LogP contribution in [0.4, 0.5) is 0 Å². The standard InChI is InChI=1S/C29H25NO4/c1-19-5-3-4-6-25(19)26(17-27(31)24-15-16-28(32)30(2)18-24)22-11-7-20(8-12-22)21-9-13-23(14-10-21)29(33)34/h3-16,18,26H,17H2,1-2H3,(H,33,34). The molecule has 0 bridgehead atoms. The van der Waals surface area contributed by atoms with E-state index in [4.69, 9.17) is 5.11 Å². The summed E-state index contributed by atoms with van der Waals surface area (Å²) in [6.45, 7) is 2.04. The summed E-state index contributed by atoms with van der Waals surface area (Å²) in [5, 5.41) is 9.11. The van der Waals surface area contributed by atoms with Crippen LogP contribution in [0.3, 0.4) is 0 Å². The molecule has 0 saturated heterocycles. The normalized spacial score (nSPS) is 11.7. The molecule has 0 aliphatic heterocycles. The lowest BCUT2D eigenvalue weighted by atomic mass is 9.83. The highest BCUT2D eigenvalue weighted by molar-refractivity contribution is 5.96. The minimum absolute atomic E-state index is 0.0304. The van der Waals surface area contributed by atoms with E-state index >= 15 is 0 Å².